The van der Waals surface area contributed by atoms with Gasteiger partial charge in [-0.3, -0.25) is 4.90 Å². The molecule has 0 amide bonds. The van der Waals surface area contributed by atoms with E-state index in [0.717, 1.165) is 44.1 Å². The Kier molecular flexibility index (Phi) is 11.2. The first kappa shape index (κ1) is 32.4. The van der Waals surface area contributed by atoms with Crippen molar-refractivity contribution in [1.82, 2.24) is 25.0 Å². The molecule has 0 bridgehead atoms. The summed E-state index contributed by atoms with van der Waals surface area (Å²) in [6, 6.07) is 8.91. The molecule has 0 saturated carbocycles. The molecule has 3 heterocycles. The summed E-state index contributed by atoms with van der Waals surface area (Å²) in [6.45, 7) is 4.00. The van der Waals surface area contributed by atoms with Crippen LogP contribution in [0.25, 0.3) is 22.7 Å². The summed E-state index contributed by atoms with van der Waals surface area (Å²) >= 11 is 8.39. The van der Waals surface area contributed by atoms with Crippen LogP contribution in [0.5, 0.6) is 0 Å². The Morgan fingerprint density at radius 1 is 0.951 bits per heavy atom. The van der Waals surface area contributed by atoms with Crippen LogP contribution < -0.4 is 0 Å². The Labute approximate surface area is 243 Å². The maximum atomic E-state index is 12.7. The third kappa shape index (κ3) is 9.20. The van der Waals surface area contributed by atoms with Gasteiger partial charge in [-0.2, -0.15) is 44.0 Å². The summed E-state index contributed by atoms with van der Waals surface area (Å²) in [4.78, 5) is 12.1. The van der Waals surface area contributed by atoms with Crippen LogP contribution in [-0.4, -0.2) is 44.4 Å². The van der Waals surface area contributed by atoms with Gasteiger partial charge in [0.25, 0.3) is 5.89 Å². The summed E-state index contributed by atoms with van der Waals surface area (Å²) in [5.74, 6) is 0.632. The standard InChI is InChI=1S/C15H16F3N3O.C11H9F3N2S.CH4S/c16-15(17,18)12-6-4-5-11(9-12)14-19-13(20-22-14)10-21-7-2-1-3-8-21;1-6-4-7(9-5-15-10(17)16-9)2-3-8(6)11(12,13)14;1-2/h4-6,9H,1-3,7-8,10H2;2-5H,1H3,(H2,15,16,17);2H,1H3. The van der Waals surface area contributed by atoms with Gasteiger partial charge in [-0.25, -0.2) is 0 Å². The van der Waals surface area contributed by atoms with E-state index in [1.807, 2.05) is 0 Å². The monoisotopic (exact) mass is 617 g/mol. The second-order valence-electron chi connectivity index (χ2n) is 9.12. The number of nitrogens with zero attached hydrogens (tertiary/aromatic N) is 3. The number of likely N-dealkylation sites (tertiary alicyclic amines) is 1. The third-order valence-corrected chi connectivity index (χ3v) is 6.38. The first-order valence-electron chi connectivity index (χ1n) is 12.5. The van der Waals surface area contributed by atoms with Crippen LogP contribution >= 0.6 is 24.8 Å². The van der Waals surface area contributed by atoms with Gasteiger partial charge in [0.1, 0.15) is 0 Å². The molecule has 2 aromatic heterocycles. The van der Waals surface area contributed by atoms with E-state index in [1.165, 1.54) is 37.6 Å². The Morgan fingerprint density at radius 2 is 1.66 bits per heavy atom. The summed E-state index contributed by atoms with van der Waals surface area (Å²) < 4.78 is 81.4. The zero-order valence-electron chi connectivity index (χ0n) is 22.2. The number of rotatable bonds is 4. The molecule has 1 aliphatic heterocycles. The summed E-state index contributed by atoms with van der Waals surface area (Å²) in [7, 11) is 0. The highest BCUT2D eigenvalue weighted by atomic mass is 32.1. The maximum absolute atomic E-state index is 12.7. The van der Waals surface area contributed by atoms with Gasteiger partial charge >= 0.3 is 12.4 Å². The second-order valence-corrected chi connectivity index (χ2v) is 9.52. The number of aromatic amines is 2. The smallest absolute Gasteiger partial charge is 0.337 e. The molecule has 1 fully saturated rings. The van der Waals surface area contributed by atoms with Gasteiger partial charge in [0, 0.05) is 11.8 Å². The number of hydrogen-bond acceptors (Lipinski definition) is 6. The molecule has 0 radical (unpaired) electrons. The fourth-order valence-electron chi connectivity index (χ4n) is 4.22. The maximum Gasteiger partial charge on any atom is 0.416 e. The fraction of sp³-hybridized carbons (Fsp3) is 0.370. The second kappa shape index (κ2) is 14.2. The number of aromatic nitrogens is 4. The number of alkyl halides is 6. The molecule has 41 heavy (non-hydrogen) atoms. The largest absolute Gasteiger partial charge is 0.416 e. The van der Waals surface area contributed by atoms with Gasteiger partial charge < -0.3 is 14.5 Å². The van der Waals surface area contributed by atoms with Gasteiger partial charge in [0.05, 0.1) is 23.4 Å². The van der Waals surface area contributed by atoms with E-state index in [2.05, 4.69) is 37.6 Å². The van der Waals surface area contributed by atoms with Crippen molar-refractivity contribution in [3.63, 3.8) is 0 Å². The van der Waals surface area contributed by atoms with Gasteiger partial charge in [-0.1, -0.05) is 23.7 Å². The highest BCUT2D eigenvalue weighted by molar-refractivity contribution is 7.79. The molecule has 2 aromatic carbocycles. The lowest BCUT2D eigenvalue weighted by molar-refractivity contribution is -0.138. The highest BCUT2D eigenvalue weighted by Crippen LogP contribution is 2.34. The van der Waals surface area contributed by atoms with Crippen molar-refractivity contribution >= 4 is 24.8 Å². The predicted molar refractivity (Wildman–Crippen MR) is 150 cm³/mol. The van der Waals surface area contributed by atoms with Crippen molar-refractivity contribution in [3.8, 4) is 22.7 Å². The van der Waals surface area contributed by atoms with Crippen LogP contribution in [0.1, 0.15) is 41.8 Å². The minimum absolute atomic E-state index is 0.123. The van der Waals surface area contributed by atoms with Crippen LogP contribution in [-0.2, 0) is 18.9 Å². The molecule has 6 nitrogen and oxygen atoms in total. The molecule has 4 aromatic rings. The Hall–Kier alpha value is -3.10. The normalized spacial score (nSPS) is 14.1. The van der Waals surface area contributed by atoms with Crippen LogP contribution in [0, 0.1) is 11.7 Å². The molecule has 1 saturated heterocycles. The van der Waals surface area contributed by atoms with Crippen molar-refractivity contribution in [2.45, 2.75) is 45.1 Å². The SMILES string of the molecule is CS.Cc1cc(-c2c[nH]c(=S)[nH]2)ccc1C(F)(F)F.FC(F)(F)c1cccc(-c2nc(CN3CCCCC3)no2)c1. The molecule has 0 atom stereocenters. The van der Waals surface area contributed by atoms with Crippen molar-refractivity contribution < 1.29 is 30.9 Å². The van der Waals surface area contributed by atoms with Gasteiger partial charge in [0.15, 0.2) is 10.6 Å². The van der Waals surface area contributed by atoms with Crippen molar-refractivity contribution in [2.24, 2.45) is 0 Å². The Morgan fingerprint density at radius 3 is 2.24 bits per heavy atom. The lowest BCUT2D eigenvalue weighted by atomic mass is 10.0. The van der Waals surface area contributed by atoms with E-state index in [0.29, 0.717) is 28.4 Å². The van der Waals surface area contributed by atoms with E-state index in [-0.39, 0.29) is 17.0 Å². The molecule has 0 unspecified atom stereocenters. The number of nitrogens with one attached hydrogen (secondary N) is 2. The average molecular weight is 618 g/mol. The molecule has 2 N–H and O–H groups in total. The molecular formula is C27H29F6N5OS2. The first-order valence-corrected chi connectivity index (χ1v) is 13.8. The predicted octanol–water partition coefficient (Wildman–Crippen LogP) is 8.35. The average Bonchev–Trinajstić information content (AvgIpc) is 3.59. The molecule has 14 heteroatoms. The Bertz CT molecular complexity index is 1460. The quantitative estimate of drug-likeness (QED) is 0.122. The number of halogens is 6. The van der Waals surface area contributed by atoms with Crippen LogP contribution in [0.15, 0.2) is 53.2 Å². The Balaban J connectivity index is 0.000000219. The van der Waals surface area contributed by atoms with Gasteiger partial charge in [-0.05, 0) is 92.8 Å². The topological polar surface area (TPSA) is 73.7 Å². The first-order chi connectivity index (χ1) is 19.4. The number of aryl methyl sites for hydroxylation is 1. The van der Waals surface area contributed by atoms with Crippen LogP contribution in [0.2, 0.25) is 0 Å². The molecule has 0 spiro atoms. The van der Waals surface area contributed by atoms with E-state index in [1.54, 1.807) is 12.5 Å². The van der Waals surface area contributed by atoms with Crippen molar-refractivity contribution in [1.29, 1.82) is 0 Å². The minimum atomic E-state index is -4.38. The van der Waals surface area contributed by atoms with E-state index >= 15 is 0 Å². The zero-order chi connectivity index (χ0) is 30.2. The number of hydrogen-bond donors (Lipinski definition) is 3. The zero-order valence-corrected chi connectivity index (χ0v) is 23.9. The summed E-state index contributed by atoms with van der Waals surface area (Å²) in [6.07, 6.45) is -1.83. The lowest BCUT2D eigenvalue weighted by Gasteiger charge is -2.24. The number of thiol groups is 1. The molecule has 0 aliphatic carbocycles. The summed E-state index contributed by atoms with van der Waals surface area (Å²) in [5.41, 5.74) is 0.480. The van der Waals surface area contributed by atoms with Crippen LogP contribution in [0.3, 0.4) is 0 Å². The van der Waals surface area contributed by atoms with Crippen molar-refractivity contribution in [3.05, 3.63) is 75.9 Å². The van der Waals surface area contributed by atoms with Gasteiger partial charge in [-0.15, -0.1) is 0 Å². The molecule has 222 valence electrons. The number of H-pyrrole nitrogens is 2. The van der Waals surface area contributed by atoms with E-state index < -0.39 is 23.5 Å². The number of piperidine rings is 1. The lowest BCUT2D eigenvalue weighted by Crippen LogP contribution is -2.29. The third-order valence-electron chi connectivity index (χ3n) is 6.16. The van der Waals surface area contributed by atoms with Crippen LogP contribution in [0.4, 0.5) is 26.3 Å². The fourth-order valence-corrected chi connectivity index (χ4v) is 4.39. The number of imidazole rings is 1. The van der Waals surface area contributed by atoms with E-state index in [9.17, 15) is 26.3 Å². The van der Waals surface area contributed by atoms with Gasteiger partial charge in [0.2, 0.25) is 0 Å². The minimum Gasteiger partial charge on any atom is -0.337 e. The molecular weight excluding hydrogens is 588 g/mol. The summed E-state index contributed by atoms with van der Waals surface area (Å²) in [5, 5.41) is 3.87. The highest BCUT2D eigenvalue weighted by Gasteiger charge is 2.32. The molecule has 1 aliphatic rings. The van der Waals surface area contributed by atoms with E-state index in [4.69, 9.17) is 16.7 Å². The molecule has 5 rings (SSSR count). The number of benzene rings is 2. The van der Waals surface area contributed by atoms with Crippen molar-refractivity contribution in [2.75, 3.05) is 19.3 Å².